The number of aldehydes is 1. The molecule has 0 aromatic carbocycles. The molecule has 0 aliphatic rings. The van der Waals surface area contributed by atoms with Gasteiger partial charge in [-0.15, -0.1) is 0 Å². The number of hydrogen-bond acceptors (Lipinski definition) is 3. The first-order chi connectivity index (χ1) is 10.8. The molecule has 0 unspecified atom stereocenters. The fraction of sp³-hybridized carbons (Fsp3) is 0.947. The van der Waals surface area contributed by atoms with E-state index in [2.05, 4.69) is 68.1 Å². The van der Waals surface area contributed by atoms with Crippen molar-refractivity contribution in [1.82, 2.24) is 0 Å². The predicted octanol–water partition coefficient (Wildman–Crippen LogP) is 5.87. The van der Waals surface area contributed by atoms with E-state index in [-0.39, 0.29) is 17.9 Å². The van der Waals surface area contributed by atoms with Crippen LogP contribution in [0.4, 0.5) is 0 Å². The molecular formula is C19H42O3Si2. The number of carbonyl (C=O) groups is 1. The van der Waals surface area contributed by atoms with E-state index in [0.29, 0.717) is 23.2 Å². The first kappa shape index (κ1) is 24.0. The maximum absolute atomic E-state index is 11.4. The largest absolute Gasteiger partial charge is 0.416 e. The highest BCUT2D eigenvalue weighted by Crippen LogP contribution is 2.42. The highest BCUT2D eigenvalue weighted by molar-refractivity contribution is 6.77. The van der Waals surface area contributed by atoms with E-state index in [0.717, 1.165) is 6.29 Å². The van der Waals surface area contributed by atoms with E-state index >= 15 is 0 Å². The van der Waals surface area contributed by atoms with Gasteiger partial charge in [0.15, 0.2) is 16.6 Å². The summed E-state index contributed by atoms with van der Waals surface area (Å²) in [6.45, 7) is 25.2. The summed E-state index contributed by atoms with van der Waals surface area (Å²) < 4.78 is 13.1. The Morgan fingerprint density at radius 1 is 0.833 bits per heavy atom. The van der Waals surface area contributed by atoms with Gasteiger partial charge in [0.25, 0.3) is 0 Å². The van der Waals surface area contributed by atoms with Gasteiger partial charge in [0.1, 0.15) is 6.29 Å². The molecule has 3 atom stereocenters. The SMILES string of the molecule is CC(C)[Si](OC[C@@H](C)[C@@H](O[Si](C)(C)C)[C@H](C)C=O)(C(C)C)C(C)C. The Morgan fingerprint density at radius 2 is 1.25 bits per heavy atom. The van der Waals surface area contributed by atoms with Crippen molar-refractivity contribution in [2.24, 2.45) is 11.8 Å². The molecule has 0 aliphatic carbocycles. The molecule has 24 heavy (non-hydrogen) atoms. The van der Waals surface area contributed by atoms with Crippen molar-refractivity contribution in [2.45, 2.75) is 97.8 Å². The van der Waals surface area contributed by atoms with Gasteiger partial charge in [-0.3, -0.25) is 0 Å². The van der Waals surface area contributed by atoms with Gasteiger partial charge in [-0.05, 0) is 36.3 Å². The second-order valence-corrected chi connectivity index (χ2v) is 19.2. The van der Waals surface area contributed by atoms with Crippen molar-refractivity contribution in [3.63, 3.8) is 0 Å². The van der Waals surface area contributed by atoms with Crippen LogP contribution in [0.3, 0.4) is 0 Å². The van der Waals surface area contributed by atoms with Gasteiger partial charge in [-0.1, -0.05) is 55.4 Å². The minimum atomic E-state index is -1.87. The van der Waals surface area contributed by atoms with E-state index in [1.807, 2.05) is 6.92 Å². The summed E-state index contributed by atoms with van der Waals surface area (Å²) in [4.78, 5) is 11.4. The van der Waals surface area contributed by atoms with E-state index < -0.39 is 16.6 Å². The molecule has 0 aromatic rings. The maximum Gasteiger partial charge on any atom is 0.200 e. The van der Waals surface area contributed by atoms with Gasteiger partial charge < -0.3 is 13.6 Å². The molecular weight excluding hydrogens is 332 g/mol. The normalized spacial score (nSPS) is 17.4. The molecule has 0 N–H and O–H groups in total. The van der Waals surface area contributed by atoms with Crippen LogP contribution in [0.2, 0.25) is 36.3 Å². The molecule has 0 spiro atoms. The maximum atomic E-state index is 11.4. The summed E-state index contributed by atoms with van der Waals surface area (Å²) in [5.41, 5.74) is 1.72. The van der Waals surface area contributed by atoms with E-state index in [9.17, 15) is 4.79 Å². The van der Waals surface area contributed by atoms with Crippen LogP contribution in [0.15, 0.2) is 0 Å². The Balaban J connectivity index is 5.27. The molecule has 144 valence electrons. The van der Waals surface area contributed by atoms with Crippen LogP contribution < -0.4 is 0 Å². The molecule has 5 heteroatoms. The molecule has 0 saturated carbocycles. The van der Waals surface area contributed by atoms with Crippen LogP contribution in [0.25, 0.3) is 0 Å². The van der Waals surface area contributed by atoms with Crippen molar-refractivity contribution in [3.8, 4) is 0 Å². The molecule has 0 saturated heterocycles. The lowest BCUT2D eigenvalue weighted by Crippen LogP contribution is -2.50. The zero-order valence-corrected chi connectivity index (χ0v) is 20.0. The van der Waals surface area contributed by atoms with E-state index in [1.54, 1.807) is 0 Å². The monoisotopic (exact) mass is 374 g/mol. The fourth-order valence-corrected chi connectivity index (χ4v) is 10.9. The predicted molar refractivity (Wildman–Crippen MR) is 110 cm³/mol. The summed E-state index contributed by atoms with van der Waals surface area (Å²) in [5.74, 6) is 0.128. The molecule has 0 heterocycles. The van der Waals surface area contributed by atoms with Gasteiger partial charge in [0, 0.05) is 18.4 Å². The lowest BCUT2D eigenvalue weighted by molar-refractivity contribution is -0.114. The minimum absolute atomic E-state index is 0.0487. The average Bonchev–Trinajstić information content (AvgIpc) is 2.42. The van der Waals surface area contributed by atoms with Crippen LogP contribution in [0.1, 0.15) is 55.4 Å². The summed E-state index contributed by atoms with van der Waals surface area (Å²) in [5, 5.41) is 0. The highest BCUT2D eigenvalue weighted by Gasteiger charge is 2.45. The lowest BCUT2D eigenvalue weighted by atomic mass is 9.95. The Labute approximate surface area is 153 Å². The molecule has 0 rings (SSSR count). The second-order valence-electron chi connectivity index (χ2n) is 9.30. The smallest absolute Gasteiger partial charge is 0.200 e. The molecule has 0 fully saturated rings. The Kier molecular flexibility index (Phi) is 9.66. The molecule has 3 nitrogen and oxygen atoms in total. The van der Waals surface area contributed by atoms with Crippen LogP contribution >= 0.6 is 0 Å². The summed E-state index contributed by atoms with van der Waals surface area (Å²) in [7, 11) is -3.58. The van der Waals surface area contributed by atoms with Crippen molar-refractivity contribution in [1.29, 1.82) is 0 Å². The van der Waals surface area contributed by atoms with Crippen molar-refractivity contribution in [2.75, 3.05) is 6.61 Å². The Hall–Kier alpha value is 0.0238. The molecule has 0 bridgehead atoms. The number of carbonyl (C=O) groups excluding carboxylic acids is 1. The zero-order valence-electron chi connectivity index (χ0n) is 18.0. The van der Waals surface area contributed by atoms with Gasteiger partial charge in [0.05, 0.1) is 6.10 Å². The first-order valence-electron chi connectivity index (χ1n) is 9.56. The van der Waals surface area contributed by atoms with Crippen LogP contribution in [-0.2, 0) is 13.6 Å². The topological polar surface area (TPSA) is 35.5 Å². The van der Waals surface area contributed by atoms with Crippen molar-refractivity contribution >= 4 is 22.9 Å². The standard InChI is InChI=1S/C19H42O3Si2/c1-14(2)24(15(3)4,16(5)6)21-13-18(8)19(17(7)12-20)22-23(9,10)11/h12,14-19H,13H2,1-11H3/t17-,18-,19+/m1/s1. The van der Waals surface area contributed by atoms with Crippen molar-refractivity contribution in [3.05, 3.63) is 0 Å². The molecule has 0 amide bonds. The molecule has 0 aromatic heterocycles. The Morgan fingerprint density at radius 3 is 1.54 bits per heavy atom. The lowest BCUT2D eigenvalue weighted by Gasteiger charge is -2.43. The summed E-state index contributed by atoms with van der Waals surface area (Å²) in [6, 6.07) is 0. The second kappa shape index (κ2) is 9.65. The van der Waals surface area contributed by atoms with Crippen molar-refractivity contribution < 1.29 is 13.6 Å². The number of hydrogen-bond donors (Lipinski definition) is 0. The van der Waals surface area contributed by atoms with Crippen LogP contribution in [-0.4, -0.2) is 35.6 Å². The van der Waals surface area contributed by atoms with Crippen LogP contribution in [0.5, 0.6) is 0 Å². The van der Waals surface area contributed by atoms with Gasteiger partial charge in [-0.2, -0.15) is 0 Å². The quantitative estimate of drug-likeness (QED) is 0.335. The van der Waals surface area contributed by atoms with Gasteiger partial charge in [-0.25, -0.2) is 0 Å². The third-order valence-corrected chi connectivity index (χ3v) is 12.1. The Bertz CT molecular complexity index is 354. The van der Waals surface area contributed by atoms with Gasteiger partial charge >= 0.3 is 0 Å². The van der Waals surface area contributed by atoms with E-state index in [4.69, 9.17) is 8.85 Å². The third kappa shape index (κ3) is 6.39. The van der Waals surface area contributed by atoms with Crippen LogP contribution in [0, 0.1) is 11.8 Å². The average molecular weight is 375 g/mol. The molecule has 0 radical (unpaired) electrons. The zero-order chi connectivity index (χ0) is 19.3. The van der Waals surface area contributed by atoms with E-state index in [1.165, 1.54) is 0 Å². The summed E-state index contributed by atoms with van der Waals surface area (Å²) >= 11 is 0. The first-order valence-corrected chi connectivity index (χ1v) is 15.1. The summed E-state index contributed by atoms with van der Waals surface area (Å²) in [6.07, 6.45) is 0.978. The number of rotatable bonds is 11. The van der Waals surface area contributed by atoms with Gasteiger partial charge in [0.2, 0.25) is 0 Å². The molecule has 0 aliphatic heterocycles. The highest BCUT2D eigenvalue weighted by atomic mass is 28.4. The minimum Gasteiger partial charge on any atom is -0.416 e. The third-order valence-electron chi connectivity index (χ3n) is 5.09. The fourth-order valence-electron chi connectivity index (χ4n) is 4.10.